The zero-order valence-electron chi connectivity index (χ0n) is 10.2. The Morgan fingerprint density at radius 3 is 2.68 bits per heavy atom. The highest BCUT2D eigenvalue weighted by atomic mass is 19.1. The summed E-state index contributed by atoms with van der Waals surface area (Å²) in [5.41, 5.74) is 0.662. The largest absolute Gasteiger partial charge is 0.465 e. The fourth-order valence-corrected chi connectivity index (χ4v) is 2.07. The maximum absolute atomic E-state index is 12.7. The van der Waals surface area contributed by atoms with Gasteiger partial charge >= 0.3 is 12.1 Å². The summed E-state index contributed by atoms with van der Waals surface area (Å²) in [6.45, 7) is 0.370. The van der Waals surface area contributed by atoms with Crippen molar-refractivity contribution in [2.45, 2.75) is 25.5 Å². The van der Waals surface area contributed by atoms with Crippen molar-refractivity contribution in [1.29, 1.82) is 0 Å². The molecule has 0 radical (unpaired) electrons. The number of rotatable bonds is 3. The Morgan fingerprint density at radius 1 is 1.37 bits per heavy atom. The van der Waals surface area contributed by atoms with Crippen LogP contribution in [0.5, 0.6) is 0 Å². The molecule has 102 valence electrons. The molecule has 1 heterocycles. The summed E-state index contributed by atoms with van der Waals surface area (Å²) in [6.07, 6.45) is 0.0261. The number of hydrogen-bond acceptors (Lipinski definition) is 3. The van der Waals surface area contributed by atoms with E-state index in [0.717, 1.165) is 4.90 Å². The summed E-state index contributed by atoms with van der Waals surface area (Å²) in [5, 5.41) is 8.92. The zero-order chi connectivity index (χ0) is 13.8. The molecule has 2 rings (SSSR count). The van der Waals surface area contributed by atoms with E-state index >= 15 is 0 Å². The Hall–Kier alpha value is -2.11. The second kappa shape index (κ2) is 5.69. The predicted molar refractivity (Wildman–Crippen MR) is 63.9 cm³/mol. The number of likely N-dealkylation sites (tertiary alicyclic amines) is 1. The Morgan fingerprint density at radius 2 is 2.05 bits per heavy atom. The normalized spacial score (nSPS) is 18.4. The van der Waals surface area contributed by atoms with Gasteiger partial charge in [0.1, 0.15) is 18.5 Å². The van der Waals surface area contributed by atoms with Gasteiger partial charge in [0, 0.05) is 6.54 Å². The van der Waals surface area contributed by atoms with Crippen molar-refractivity contribution in [2.75, 3.05) is 6.54 Å². The van der Waals surface area contributed by atoms with Crippen LogP contribution in [0.15, 0.2) is 24.3 Å². The molecule has 1 amide bonds. The van der Waals surface area contributed by atoms with E-state index in [1.54, 1.807) is 0 Å². The summed E-state index contributed by atoms with van der Waals surface area (Å²) in [7, 11) is 0. The third kappa shape index (κ3) is 3.21. The van der Waals surface area contributed by atoms with E-state index in [1.807, 2.05) is 0 Å². The third-order valence-corrected chi connectivity index (χ3v) is 3.06. The predicted octanol–water partition coefficient (Wildman–Crippen LogP) is 2.01. The van der Waals surface area contributed by atoms with Gasteiger partial charge in [0.15, 0.2) is 0 Å². The van der Waals surface area contributed by atoms with Crippen LogP contribution in [0.3, 0.4) is 0 Å². The van der Waals surface area contributed by atoms with Crippen LogP contribution in [0.1, 0.15) is 18.4 Å². The number of halogens is 1. The second-order valence-corrected chi connectivity index (χ2v) is 4.37. The maximum atomic E-state index is 12.7. The minimum absolute atomic E-state index is 0.0169. The van der Waals surface area contributed by atoms with Crippen LogP contribution < -0.4 is 0 Å². The highest BCUT2D eigenvalue weighted by Gasteiger charge is 2.35. The SMILES string of the molecule is O=C(OCc1ccc(F)cc1)C1CCCN1C(=O)O. The Kier molecular flexibility index (Phi) is 3.99. The molecular formula is C13H14FNO4. The maximum Gasteiger partial charge on any atom is 0.408 e. The van der Waals surface area contributed by atoms with Crippen LogP contribution in [0.25, 0.3) is 0 Å². The van der Waals surface area contributed by atoms with Crippen molar-refractivity contribution < 1.29 is 23.8 Å². The van der Waals surface area contributed by atoms with Crippen molar-refractivity contribution in [3.8, 4) is 0 Å². The van der Waals surface area contributed by atoms with Crippen molar-refractivity contribution >= 4 is 12.1 Å². The summed E-state index contributed by atoms with van der Waals surface area (Å²) in [5.74, 6) is -0.910. The van der Waals surface area contributed by atoms with E-state index in [-0.39, 0.29) is 12.4 Å². The molecule has 6 heteroatoms. The first-order valence-corrected chi connectivity index (χ1v) is 5.98. The summed E-state index contributed by atoms with van der Waals surface area (Å²) in [4.78, 5) is 23.8. The Balaban J connectivity index is 1.90. The van der Waals surface area contributed by atoms with Crippen molar-refractivity contribution in [3.05, 3.63) is 35.6 Å². The van der Waals surface area contributed by atoms with Crippen molar-refractivity contribution in [2.24, 2.45) is 0 Å². The molecule has 0 saturated carbocycles. The van der Waals surface area contributed by atoms with Crippen LogP contribution in [0.4, 0.5) is 9.18 Å². The van der Waals surface area contributed by atoms with E-state index in [9.17, 15) is 14.0 Å². The summed E-state index contributed by atoms with van der Waals surface area (Å²) in [6, 6.07) is 4.88. The zero-order valence-corrected chi connectivity index (χ0v) is 10.2. The first-order valence-electron chi connectivity index (χ1n) is 5.98. The highest BCUT2D eigenvalue weighted by Crippen LogP contribution is 2.19. The quantitative estimate of drug-likeness (QED) is 0.851. The standard InChI is InChI=1S/C13H14FNO4/c14-10-5-3-9(4-6-10)8-19-12(16)11-2-1-7-15(11)13(17)18/h3-6,11H,1-2,7-8H2,(H,17,18). The van der Waals surface area contributed by atoms with Gasteiger partial charge in [-0.3, -0.25) is 4.90 Å². The lowest BCUT2D eigenvalue weighted by molar-refractivity contribution is -0.149. The number of ether oxygens (including phenoxy) is 1. The number of carbonyl (C=O) groups is 2. The first-order chi connectivity index (χ1) is 9.08. The molecule has 1 fully saturated rings. The van der Waals surface area contributed by atoms with E-state index in [4.69, 9.17) is 9.84 Å². The Labute approximate surface area is 109 Å². The molecule has 1 saturated heterocycles. The molecule has 1 aromatic carbocycles. The van der Waals surface area contributed by atoms with Crippen LogP contribution in [-0.2, 0) is 16.1 Å². The monoisotopic (exact) mass is 267 g/mol. The van der Waals surface area contributed by atoms with Crippen LogP contribution in [-0.4, -0.2) is 34.7 Å². The molecule has 0 spiro atoms. The smallest absolute Gasteiger partial charge is 0.408 e. The number of esters is 1. The minimum Gasteiger partial charge on any atom is -0.465 e. The molecule has 0 bridgehead atoms. The van der Waals surface area contributed by atoms with E-state index in [1.165, 1.54) is 24.3 Å². The van der Waals surface area contributed by atoms with Gasteiger partial charge in [-0.1, -0.05) is 12.1 Å². The van der Waals surface area contributed by atoms with E-state index in [2.05, 4.69) is 0 Å². The van der Waals surface area contributed by atoms with Crippen molar-refractivity contribution in [3.63, 3.8) is 0 Å². The fourth-order valence-electron chi connectivity index (χ4n) is 2.07. The first kappa shape index (κ1) is 13.3. The van der Waals surface area contributed by atoms with Gasteiger partial charge in [0.2, 0.25) is 0 Å². The Bertz CT molecular complexity index is 474. The van der Waals surface area contributed by atoms with Gasteiger partial charge in [-0.2, -0.15) is 0 Å². The van der Waals surface area contributed by atoms with Gasteiger partial charge in [-0.05, 0) is 30.5 Å². The van der Waals surface area contributed by atoms with E-state index in [0.29, 0.717) is 24.9 Å². The van der Waals surface area contributed by atoms with Gasteiger partial charge < -0.3 is 9.84 Å². The topological polar surface area (TPSA) is 66.8 Å². The third-order valence-electron chi connectivity index (χ3n) is 3.06. The van der Waals surface area contributed by atoms with Crippen LogP contribution in [0.2, 0.25) is 0 Å². The van der Waals surface area contributed by atoms with Gasteiger partial charge in [0.05, 0.1) is 0 Å². The number of nitrogens with zero attached hydrogens (tertiary/aromatic N) is 1. The lowest BCUT2D eigenvalue weighted by atomic mass is 10.2. The molecule has 1 atom stereocenters. The summed E-state index contributed by atoms with van der Waals surface area (Å²) < 4.78 is 17.8. The van der Waals surface area contributed by atoms with Gasteiger partial charge in [-0.25, -0.2) is 14.0 Å². The van der Waals surface area contributed by atoms with Gasteiger partial charge in [0.25, 0.3) is 0 Å². The number of hydrogen-bond donors (Lipinski definition) is 1. The lowest BCUT2D eigenvalue weighted by Crippen LogP contribution is -2.40. The lowest BCUT2D eigenvalue weighted by Gasteiger charge is -2.19. The average Bonchev–Trinajstić information content (AvgIpc) is 2.87. The molecule has 1 aliphatic rings. The molecule has 1 aromatic rings. The average molecular weight is 267 g/mol. The molecule has 19 heavy (non-hydrogen) atoms. The minimum atomic E-state index is -1.11. The van der Waals surface area contributed by atoms with E-state index < -0.39 is 18.1 Å². The molecule has 1 N–H and O–H groups in total. The molecule has 0 aliphatic carbocycles. The number of amides is 1. The highest BCUT2D eigenvalue weighted by molar-refractivity contribution is 5.81. The molecular weight excluding hydrogens is 253 g/mol. The molecule has 1 aliphatic heterocycles. The fraction of sp³-hybridized carbons (Fsp3) is 0.385. The molecule has 0 aromatic heterocycles. The van der Waals surface area contributed by atoms with Gasteiger partial charge in [-0.15, -0.1) is 0 Å². The summed E-state index contributed by atoms with van der Waals surface area (Å²) >= 11 is 0. The molecule has 1 unspecified atom stereocenters. The van der Waals surface area contributed by atoms with Crippen LogP contribution >= 0.6 is 0 Å². The van der Waals surface area contributed by atoms with Crippen LogP contribution in [0, 0.1) is 5.82 Å². The molecule has 5 nitrogen and oxygen atoms in total. The number of carbonyl (C=O) groups excluding carboxylic acids is 1. The number of benzene rings is 1. The van der Waals surface area contributed by atoms with Crippen molar-refractivity contribution in [1.82, 2.24) is 4.90 Å². The second-order valence-electron chi connectivity index (χ2n) is 4.37. The number of carboxylic acid groups (broad SMARTS) is 1.